The fourth-order valence-electron chi connectivity index (χ4n) is 2.47. The Morgan fingerprint density at radius 3 is 2.65 bits per heavy atom. The van der Waals surface area contributed by atoms with Crippen LogP contribution in [-0.2, 0) is 4.79 Å². The number of hydrogen-bond donors (Lipinski definition) is 2. The van der Waals surface area contributed by atoms with E-state index < -0.39 is 12.0 Å². The number of likely N-dealkylation sites (tertiary alicyclic amines) is 1. The van der Waals surface area contributed by atoms with Gasteiger partial charge in [0, 0.05) is 13.1 Å². The Balaban J connectivity index is 2.35. The van der Waals surface area contributed by atoms with E-state index in [-0.39, 0.29) is 6.03 Å². The molecule has 6 nitrogen and oxygen atoms in total. The normalized spacial score (nSPS) is 22.9. The molecule has 0 aliphatic carbocycles. The van der Waals surface area contributed by atoms with Gasteiger partial charge < -0.3 is 20.2 Å². The molecular weight excluding hydrogens is 258 g/mol. The van der Waals surface area contributed by atoms with Gasteiger partial charge in [-0.25, -0.2) is 9.59 Å². The number of carboxylic acids is 1. The number of unbranched alkanes of at least 4 members (excludes halogenated alkanes) is 1. The lowest BCUT2D eigenvalue weighted by atomic mass is 9.93. The Kier molecular flexibility index (Phi) is 6.78. The SMILES string of the molecule is CC1CCN(C(=O)NCCCCN(C)C)C(C(=O)O)C1. The molecule has 6 heteroatoms. The number of nitrogens with one attached hydrogen (secondary N) is 1. The molecule has 1 rings (SSSR count). The second-order valence-electron chi connectivity index (χ2n) is 5.92. The van der Waals surface area contributed by atoms with E-state index in [1.54, 1.807) is 0 Å². The number of nitrogens with zero attached hydrogens (tertiary/aromatic N) is 2. The molecule has 0 radical (unpaired) electrons. The highest BCUT2D eigenvalue weighted by Gasteiger charge is 2.34. The van der Waals surface area contributed by atoms with Crippen molar-refractivity contribution in [2.75, 3.05) is 33.7 Å². The lowest BCUT2D eigenvalue weighted by Crippen LogP contribution is -2.53. The van der Waals surface area contributed by atoms with Crippen molar-refractivity contribution < 1.29 is 14.7 Å². The van der Waals surface area contributed by atoms with Gasteiger partial charge in [0.2, 0.25) is 0 Å². The Hall–Kier alpha value is -1.30. The van der Waals surface area contributed by atoms with Crippen LogP contribution in [-0.4, -0.2) is 66.7 Å². The van der Waals surface area contributed by atoms with E-state index in [1.807, 2.05) is 21.0 Å². The van der Waals surface area contributed by atoms with E-state index in [0.29, 0.717) is 25.4 Å². The van der Waals surface area contributed by atoms with Crippen molar-refractivity contribution >= 4 is 12.0 Å². The van der Waals surface area contributed by atoms with Crippen molar-refractivity contribution in [2.45, 2.75) is 38.6 Å². The maximum Gasteiger partial charge on any atom is 0.326 e. The van der Waals surface area contributed by atoms with E-state index in [1.165, 1.54) is 4.90 Å². The van der Waals surface area contributed by atoms with Gasteiger partial charge >= 0.3 is 12.0 Å². The Bertz CT molecular complexity index is 334. The molecular formula is C14H27N3O3. The van der Waals surface area contributed by atoms with Gasteiger partial charge in [-0.2, -0.15) is 0 Å². The predicted molar refractivity (Wildman–Crippen MR) is 77.7 cm³/mol. The zero-order valence-electron chi connectivity index (χ0n) is 12.8. The zero-order valence-corrected chi connectivity index (χ0v) is 12.8. The molecule has 0 aromatic heterocycles. The summed E-state index contributed by atoms with van der Waals surface area (Å²) >= 11 is 0. The average molecular weight is 285 g/mol. The summed E-state index contributed by atoms with van der Waals surface area (Å²) in [6.07, 6.45) is 3.35. The van der Waals surface area contributed by atoms with Crippen LogP contribution in [0.4, 0.5) is 4.79 Å². The second-order valence-corrected chi connectivity index (χ2v) is 5.92. The zero-order chi connectivity index (χ0) is 15.1. The van der Waals surface area contributed by atoms with Crippen LogP contribution in [0, 0.1) is 5.92 Å². The maximum atomic E-state index is 12.1. The van der Waals surface area contributed by atoms with E-state index in [9.17, 15) is 14.7 Å². The summed E-state index contributed by atoms with van der Waals surface area (Å²) in [6, 6.07) is -0.922. The third-order valence-electron chi connectivity index (χ3n) is 3.72. The lowest BCUT2D eigenvalue weighted by Gasteiger charge is -2.35. The quantitative estimate of drug-likeness (QED) is 0.720. The number of rotatable bonds is 6. The van der Waals surface area contributed by atoms with Crippen molar-refractivity contribution in [3.8, 4) is 0 Å². The first-order valence-corrected chi connectivity index (χ1v) is 7.33. The van der Waals surface area contributed by atoms with Gasteiger partial charge in [0.1, 0.15) is 6.04 Å². The van der Waals surface area contributed by atoms with Crippen molar-refractivity contribution in [1.82, 2.24) is 15.1 Å². The van der Waals surface area contributed by atoms with Crippen LogP contribution in [0.25, 0.3) is 0 Å². The van der Waals surface area contributed by atoms with Crippen molar-refractivity contribution in [2.24, 2.45) is 5.92 Å². The highest BCUT2D eigenvalue weighted by Crippen LogP contribution is 2.22. The summed E-state index contributed by atoms with van der Waals surface area (Å²) in [4.78, 5) is 26.9. The average Bonchev–Trinajstić information content (AvgIpc) is 2.37. The van der Waals surface area contributed by atoms with E-state index in [0.717, 1.165) is 25.8 Å². The molecule has 2 atom stereocenters. The van der Waals surface area contributed by atoms with Gasteiger partial charge in [-0.3, -0.25) is 0 Å². The van der Waals surface area contributed by atoms with Gasteiger partial charge in [0.15, 0.2) is 0 Å². The van der Waals surface area contributed by atoms with Gasteiger partial charge in [0.25, 0.3) is 0 Å². The number of urea groups is 1. The highest BCUT2D eigenvalue weighted by atomic mass is 16.4. The molecule has 20 heavy (non-hydrogen) atoms. The fourth-order valence-corrected chi connectivity index (χ4v) is 2.47. The summed E-state index contributed by atoms with van der Waals surface area (Å²) in [7, 11) is 4.04. The van der Waals surface area contributed by atoms with Crippen LogP contribution in [0.3, 0.4) is 0 Å². The molecule has 1 fully saturated rings. The molecule has 2 N–H and O–H groups in total. The predicted octanol–water partition coefficient (Wildman–Crippen LogP) is 1.22. The number of carbonyl (C=O) groups excluding carboxylic acids is 1. The molecule has 1 aliphatic rings. The molecule has 0 bridgehead atoms. The Labute approximate surface area is 121 Å². The van der Waals surface area contributed by atoms with Gasteiger partial charge in [-0.15, -0.1) is 0 Å². The van der Waals surface area contributed by atoms with Gasteiger partial charge in [-0.05, 0) is 52.2 Å². The summed E-state index contributed by atoms with van der Waals surface area (Å²) in [5, 5.41) is 12.0. The molecule has 116 valence electrons. The van der Waals surface area contributed by atoms with Crippen LogP contribution in [0.15, 0.2) is 0 Å². The molecule has 1 aliphatic heterocycles. The van der Waals surface area contributed by atoms with Crippen LogP contribution >= 0.6 is 0 Å². The van der Waals surface area contributed by atoms with Crippen LogP contribution in [0.2, 0.25) is 0 Å². The first kappa shape index (κ1) is 16.8. The molecule has 2 unspecified atom stereocenters. The molecule has 0 saturated carbocycles. The summed E-state index contributed by atoms with van der Waals surface area (Å²) in [5.74, 6) is -0.542. The first-order valence-electron chi connectivity index (χ1n) is 7.33. The Morgan fingerprint density at radius 2 is 2.05 bits per heavy atom. The minimum absolute atomic E-state index is 0.242. The fraction of sp³-hybridized carbons (Fsp3) is 0.857. The number of carboxylic acid groups (broad SMARTS) is 1. The monoisotopic (exact) mass is 285 g/mol. The summed E-state index contributed by atoms with van der Waals surface area (Å²) < 4.78 is 0. The van der Waals surface area contributed by atoms with Crippen LogP contribution < -0.4 is 5.32 Å². The number of carbonyl (C=O) groups is 2. The molecule has 1 heterocycles. The molecule has 1 saturated heterocycles. The van der Waals surface area contributed by atoms with Crippen LogP contribution in [0.1, 0.15) is 32.6 Å². The standard InChI is InChI=1S/C14H27N3O3/c1-11-6-9-17(12(10-11)13(18)19)14(20)15-7-4-5-8-16(2)3/h11-12H,4-10H2,1-3H3,(H,15,20)(H,18,19). The summed E-state index contributed by atoms with van der Waals surface area (Å²) in [5.41, 5.74) is 0. The lowest BCUT2D eigenvalue weighted by molar-refractivity contribution is -0.143. The summed E-state index contributed by atoms with van der Waals surface area (Å²) in [6.45, 7) is 4.16. The minimum atomic E-state index is -0.903. The van der Waals surface area contributed by atoms with E-state index >= 15 is 0 Å². The third-order valence-corrected chi connectivity index (χ3v) is 3.72. The molecule has 2 amide bonds. The van der Waals surface area contributed by atoms with Gasteiger partial charge in [0.05, 0.1) is 0 Å². The number of aliphatic carboxylic acids is 1. The smallest absolute Gasteiger partial charge is 0.326 e. The number of piperidine rings is 1. The van der Waals surface area contributed by atoms with Crippen molar-refractivity contribution in [3.05, 3.63) is 0 Å². The third kappa shape index (κ3) is 5.36. The van der Waals surface area contributed by atoms with Crippen molar-refractivity contribution in [1.29, 1.82) is 0 Å². The second kappa shape index (κ2) is 8.09. The maximum absolute atomic E-state index is 12.1. The molecule has 0 aromatic rings. The number of hydrogen-bond acceptors (Lipinski definition) is 3. The highest BCUT2D eigenvalue weighted by molar-refractivity contribution is 5.82. The topological polar surface area (TPSA) is 72.9 Å². The van der Waals surface area contributed by atoms with E-state index in [2.05, 4.69) is 10.2 Å². The van der Waals surface area contributed by atoms with Crippen LogP contribution in [0.5, 0.6) is 0 Å². The largest absolute Gasteiger partial charge is 0.480 e. The molecule has 0 spiro atoms. The van der Waals surface area contributed by atoms with Crippen molar-refractivity contribution in [3.63, 3.8) is 0 Å². The van der Waals surface area contributed by atoms with E-state index in [4.69, 9.17) is 0 Å². The first-order chi connectivity index (χ1) is 9.41. The van der Waals surface area contributed by atoms with Gasteiger partial charge in [-0.1, -0.05) is 6.92 Å². The Morgan fingerprint density at radius 1 is 1.35 bits per heavy atom. The molecule has 0 aromatic carbocycles. The number of amides is 2. The minimum Gasteiger partial charge on any atom is -0.480 e.